The van der Waals surface area contributed by atoms with Crippen LogP contribution in [0.4, 0.5) is 0 Å². The van der Waals surface area contributed by atoms with Gasteiger partial charge < -0.3 is 10.0 Å². The molecule has 0 spiro atoms. The van der Waals surface area contributed by atoms with Crippen molar-refractivity contribution in [3.8, 4) is 0 Å². The van der Waals surface area contributed by atoms with E-state index in [1.807, 2.05) is 44.2 Å². The van der Waals surface area contributed by atoms with E-state index >= 15 is 0 Å². The fraction of sp³-hybridized carbons (Fsp3) is 0.517. The van der Waals surface area contributed by atoms with Gasteiger partial charge in [-0.15, -0.1) is 0 Å². The number of carboxylic acids is 1. The van der Waals surface area contributed by atoms with E-state index in [0.29, 0.717) is 29.3 Å². The third-order valence-corrected chi connectivity index (χ3v) is 10.9. The van der Waals surface area contributed by atoms with Gasteiger partial charge in [0.05, 0.1) is 23.1 Å². The average molecular weight is 596 g/mol. The van der Waals surface area contributed by atoms with Crippen molar-refractivity contribution < 1.29 is 23.1 Å². The molecule has 1 amide bonds. The molecule has 1 unspecified atom stereocenters. The van der Waals surface area contributed by atoms with E-state index in [1.54, 1.807) is 37.1 Å². The number of nitrogens with zero attached hydrogens (tertiary/aromatic N) is 2. The van der Waals surface area contributed by atoms with Crippen molar-refractivity contribution in [3.05, 3.63) is 69.7 Å². The summed E-state index contributed by atoms with van der Waals surface area (Å²) in [6, 6.07) is 13.7. The van der Waals surface area contributed by atoms with E-state index in [9.17, 15) is 23.1 Å². The normalized spacial score (nSPS) is 24.8. The van der Waals surface area contributed by atoms with Crippen LogP contribution in [0.15, 0.2) is 48.5 Å². The van der Waals surface area contributed by atoms with E-state index in [2.05, 4.69) is 0 Å². The maximum atomic E-state index is 14.4. The highest BCUT2D eigenvalue weighted by Crippen LogP contribution is 2.52. The second-order valence-electron chi connectivity index (χ2n) is 11.5. The third kappa shape index (κ3) is 6.29. The number of piperidine rings is 1. The van der Waals surface area contributed by atoms with E-state index in [-0.39, 0.29) is 36.0 Å². The van der Waals surface area contributed by atoms with Crippen molar-refractivity contribution in [3.63, 3.8) is 0 Å². The number of aliphatic carboxylic acids is 1. The fourth-order valence-corrected chi connectivity index (χ4v) is 7.78. The summed E-state index contributed by atoms with van der Waals surface area (Å²) in [6.07, 6.45) is 1.24. The fourth-order valence-electron chi connectivity index (χ4n) is 5.85. The monoisotopic (exact) mass is 594 g/mol. The minimum absolute atomic E-state index is 0.109. The van der Waals surface area contributed by atoms with Gasteiger partial charge in [0.25, 0.3) is 0 Å². The zero-order valence-corrected chi connectivity index (χ0v) is 25.0. The number of sulfonamides is 1. The van der Waals surface area contributed by atoms with Gasteiger partial charge in [-0.05, 0) is 60.6 Å². The third-order valence-electron chi connectivity index (χ3n) is 8.08. The predicted molar refractivity (Wildman–Crippen MR) is 153 cm³/mol. The van der Waals surface area contributed by atoms with Gasteiger partial charge >= 0.3 is 5.97 Å². The second kappa shape index (κ2) is 11.4. The number of likely N-dealkylation sites (tertiary alicyclic amines) is 1. The van der Waals surface area contributed by atoms with Crippen LogP contribution >= 0.6 is 23.2 Å². The molecule has 4 atom stereocenters. The Morgan fingerprint density at radius 2 is 1.74 bits per heavy atom. The van der Waals surface area contributed by atoms with Crippen LogP contribution in [0.2, 0.25) is 10.0 Å². The number of carbonyl (C=O) groups is 2. The summed E-state index contributed by atoms with van der Waals surface area (Å²) in [5, 5.41) is 10.5. The quantitative estimate of drug-likeness (QED) is 0.365. The zero-order chi connectivity index (χ0) is 28.7. The lowest BCUT2D eigenvalue weighted by Crippen LogP contribution is -2.59. The molecule has 4 rings (SSSR count). The minimum Gasteiger partial charge on any atom is -0.481 e. The van der Waals surface area contributed by atoms with Crippen molar-refractivity contribution in [1.29, 1.82) is 0 Å². The SMILES string of the molecule is CC(C)C(CN(C)S(=O)(=O)C1CC1)N1C(=O)[C@@](C)(CC(=O)O)C[C@H](c2cccc(Cl)c2)[C@H]1c1ccc(Cl)cc1. The first-order valence-electron chi connectivity index (χ1n) is 13.2. The number of hydrogen-bond donors (Lipinski definition) is 1. The number of benzene rings is 2. The molecule has 2 aliphatic rings. The Balaban J connectivity index is 1.89. The van der Waals surface area contributed by atoms with E-state index in [1.165, 1.54) is 4.31 Å². The number of likely N-dealkylation sites (N-methyl/N-ethyl adjacent to an activating group) is 1. The maximum absolute atomic E-state index is 14.4. The van der Waals surface area contributed by atoms with Crippen molar-refractivity contribution in [2.24, 2.45) is 11.3 Å². The van der Waals surface area contributed by atoms with Crippen molar-refractivity contribution in [2.45, 2.75) is 69.7 Å². The second-order valence-corrected chi connectivity index (χ2v) is 14.7. The van der Waals surface area contributed by atoms with Crippen LogP contribution in [0.3, 0.4) is 0 Å². The molecule has 0 bridgehead atoms. The number of halogens is 2. The molecular weight excluding hydrogens is 559 g/mol. The topological polar surface area (TPSA) is 95.0 Å². The lowest BCUT2D eigenvalue weighted by Gasteiger charge is -2.53. The molecule has 1 N–H and O–H groups in total. The van der Waals surface area contributed by atoms with Gasteiger partial charge in [-0.3, -0.25) is 9.59 Å². The highest BCUT2D eigenvalue weighted by atomic mass is 35.5. The number of amides is 1. The summed E-state index contributed by atoms with van der Waals surface area (Å²) >= 11 is 12.6. The average Bonchev–Trinajstić information content (AvgIpc) is 3.70. The molecule has 1 heterocycles. The molecule has 10 heteroatoms. The van der Waals surface area contributed by atoms with Crippen molar-refractivity contribution in [1.82, 2.24) is 9.21 Å². The molecule has 1 saturated carbocycles. The Morgan fingerprint density at radius 3 is 2.28 bits per heavy atom. The number of hydrogen-bond acceptors (Lipinski definition) is 4. The predicted octanol–water partition coefficient (Wildman–Crippen LogP) is 5.98. The van der Waals surface area contributed by atoms with Crippen LogP contribution in [0.1, 0.15) is 69.5 Å². The van der Waals surface area contributed by atoms with Crippen LogP contribution in [0.25, 0.3) is 0 Å². The van der Waals surface area contributed by atoms with Crippen LogP contribution < -0.4 is 0 Å². The summed E-state index contributed by atoms with van der Waals surface area (Å²) < 4.78 is 27.6. The number of carbonyl (C=O) groups excluding carboxylic acids is 1. The molecule has 2 aromatic rings. The highest BCUT2D eigenvalue weighted by molar-refractivity contribution is 7.90. The first kappa shape index (κ1) is 29.8. The number of carboxylic acid groups (broad SMARTS) is 1. The molecular formula is C29H36Cl2N2O5S. The Hall–Kier alpha value is -2.13. The standard InChI is InChI=1S/C29H36Cl2N2O5S/c1-18(2)25(17-32(4)39(37,38)23-12-13-23)33-27(19-8-10-21(30)11-9-19)24(20-6-5-7-22(31)14-20)15-29(3,28(33)36)16-26(34)35/h5-11,14,18,23-25,27H,12-13,15-17H2,1-4H3,(H,34,35)/t24-,25?,27-,29-/m1/s1. The van der Waals surface area contributed by atoms with Crippen LogP contribution in [-0.4, -0.2) is 59.5 Å². The van der Waals surface area contributed by atoms with Crippen LogP contribution in [0.5, 0.6) is 0 Å². The summed E-state index contributed by atoms with van der Waals surface area (Å²) in [6.45, 7) is 5.74. The molecule has 0 radical (unpaired) electrons. The first-order valence-corrected chi connectivity index (χ1v) is 15.5. The van der Waals surface area contributed by atoms with Gasteiger partial charge in [0.15, 0.2) is 0 Å². The summed E-state index contributed by atoms with van der Waals surface area (Å²) in [4.78, 5) is 28.2. The van der Waals surface area contributed by atoms with Gasteiger partial charge in [0, 0.05) is 35.6 Å². The molecule has 1 saturated heterocycles. The summed E-state index contributed by atoms with van der Waals surface area (Å²) in [5.74, 6) is -1.76. The lowest BCUT2D eigenvalue weighted by atomic mass is 9.66. The van der Waals surface area contributed by atoms with Gasteiger partial charge in [0.2, 0.25) is 15.9 Å². The number of rotatable bonds is 10. The van der Waals surface area contributed by atoms with E-state index in [4.69, 9.17) is 23.2 Å². The largest absolute Gasteiger partial charge is 0.481 e. The van der Waals surface area contributed by atoms with Gasteiger partial charge in [-0.1, -0.05) is 68.2 Å². The molecule has 39 heavy (non-hydrogen) atoms. The first-order chi connectivity index (χ1) is 18.2. The Morgan fingerprint density at radius 1 is 1.10 bits per heavy atom. The minimum atomic E-state index is -3.49. The molecule has 2 fully saturated rings. The highest BCUT2D eigenvalue weighted by Gasteiger charge is 2.53. The van der Waals surface area contributed by atoms with Crippen molar-refractivity contribution >= 4 is 45.1 Å². The molecule has 1 aliphatic heterocycles. The van der Waals surface area contributed by atoms with Gasteiger partial charge in [0.1, 0.15) is 0 Å². The molecule has 7 nitrogen and oxygen atoms in total. The van der Waals surface area contributed by atoms with Crippen LogP contribution in [0, 0.1) is 11.3 Å². The Bertz CT molecular complexity index is 1330. The van der Waals surface area contributed by atoms with E-state index in [0.717, 1.165) is 11.1 Å². The van der Waals surface area contributed by atoms with Gasteiger partial charge in [-0.25, -0.2) is 12.7 Å². The summed E-state index contributed by atoms with van der Waals surface area (Å²) in [7, 11) is -1.92. The summed E-state index contributed by atoms with van der Waals surface area (Å²) in [5.41, 5.74) is 0.523. The Kier molecular flexibility index (Phi) is 8.72. The maximum Gasteiger partial charge on any atom is 0.304 e. The van der Waals surface area contributed by atoms with E-state index < -0.39 is 33.5 Å². The molecule has 0 aromatic heterocycles. The molecule has 1 aliphatic carbocycles. The zero-order valence-electron chi connectivity index (χ0n) is 22.7. The smallest absolute Gasteiger partial charge is 0.304 e. The molecule has 2 aromatic carbocycles. The Labute approximate surface area is 241 Å². The van der Waals surface area contributed by atoms with Crippen molar-refractivity contribution in [2.75, 3.05) is 13.6 Å². The van der Waals surface area contributed by atoms with Gasteiger partial charge in [-0.2, -0.15) is 0 Å². The lowest BCUT2D eigenvalue weighted by molar-refractivity contribution is -0.161. The molecule has 212 valence electrons. The van der Waals surface area contributed by atoms with Crippen LogP contribution in [-0.2, 0) is 19.6 Å².